The van der Waals surface area contributed by atoms with Gasteiger partial charge in [0.15, 0.2) is 0 Å². The molecule has 0 aliphatic carbocycles. The third-order valence-electron chi connectivity index (χ3n) is 4.16. The van der Waals surface area contributed by atoms with E-state index in [4.69, 9.17) is 0 Å². The van der Waals surface area contributed by atoms with Crippen LogP contribution < -0.4 is 10.0 Å². The average molecular weight is 330 g/mol. The standard InChI is InChI=1S/C17H18N2O3S/c1-11-5-3-4-6-13(11)10-18-23(21,22)14-7-8-16-15(9-14)12(2)17(20)19-16/h3-9,12,18H,10H2,1-2H3,(H,19,20)/t12-/m0/s1. The number of anilines is 1. The normalized spacial score (nSPS) is 17.0. The number of hydrogen-bond acceptors (Lipinski definition) is 3. The maximum Gasteiger partial charge on any atom is 0.240 e. The molecule has 2 N–H and O–H groups in total. The highest BCUT2D eigenvalue weighted by Crippen LogP contribution is 2.33. The Bertz CT molecular complexity index is 875. The van der Waals surface area contributed by atoms with Crippen molar-refractivity contribution >= 4 is 21.6 Å². The predicted octanol–water partition coefficient (Wildman–Crippen LogP) is 2.53. The van der Waals surface area contributed by atoms with Crippen LogP contribution in [-0.4, -0.2) is 14.3 Å². The summed E-state index contributed by atoms with van der Waals surface area (Å²) in [5, 5.41) is 2.74. The quantitative estimate of drug-likeness (QED) is 0.904. The van der Waals surface area contributed by atoms with Crippen LogP contribution in [0.2, 0.25) is 0 Å². The molecule has 0 bridgehead atoms. The minimum Gasteiger partial charge on any atom is -0.325 e. The van der Waals surface area contributed by atoms with Crippen molar-refractivity contribution in [2.45, 2.75) is 31.2 Å². The molecule has 1 heterocycles. The maximum absolute atomic E-state index is 12.5. The molecule has 1 amide bonds. The van der Waals surface area contributed by atoms with Crippen molar-refractivity contribution in [2.24, 2.45) is 0 Å². The molecular formula is C17H18N2O3S. The van der Waals surface area contributed by atoms with Gasteiger partial charge in [-0.3, -0.25) is 4.79 Å². The Morgan fingerprint density at radius 3 is 2.65 bits per heavy atom. The zero-order chi connectivity index (χ0) is 16.6. The summed E-state index contributed by atoms with van der Waals surface area (Å²) in [6, 6.07) is 12.3. The number of amides is 1. The highest BCUT2D eigenvalue weighted by atomic mass is 32.2. The van der Waals surface area contributed by atoms with Crippen molar-refractivity contribution in [3.8, 4) is 0 Å². The molecule has 1 aliphatic rings. The second kappa shape index (κ2) is 5.79. The van der Waals surface area contributed by atoms with Crippen LogP contribution in [-0.2, 0) is 21.4 Å². The van der Waals surface area contributed by atoms with E-state index in [1.807, 2.05) is 31.2 Å². The fourth-order valence-electron chi connectivity index (χ4n) is 2.63. The molecule has 0 saturated carbocycles. The van der Waals surface area contributed by atoms with Crippen molar-refractivity contribution in [1.82, 2.24) is 4.72 Å². The van der Waals surface area contributed by atoms with Gasteiger partial charge in [-0.25, -0.2) is 13.1 Å². The summed E-state index contributed by atoms with van der Waals surface area (Å²) < 4.78 is 27.6. The van der Waals surface area contributed by atoms with Gasteiger partial charge in [0.1, 0.15) is 0 Å². The van der Waals surface area contributed by atoms with E-state index in [0.29, 0.717) is 11.3 Å². The lowest BCUT2D eigenvalue weighted by Gasteiger charge is -2.10. The van der Waals surface area contributed by atoms with Crippen LogP contribution in [0.3, 0.4) is 0 Å². The highest BCUT2D eigenvalue weighted by Gasteiger charge is 2.28. The zero-order valence-corrected chi connectivity index (χ0v) is 13.8. The summed E-state index contributed by atoms with van der Waals surface area (Å²) >= 11 is 0. The van der Waals surface area contributed by atoms with Crippen LogP contribution in [0.25, 0.3) is 0 Å². The monoisotopic (exact) mass is 330 g/mol. The smallest absolute Gasteiger partial charge is 0.240 e. The van der Waals surface area contributed by atoms with Crippen molar-refractivity contribution in [3.05, 3.63) is 59.2 Å². The first-order chi connectivity index (χ1) is 10.9. The van der Waals surface area contributed by atoms with Crippen molar-refractivity contribution < 1.29 is 13.2 Å². The second-order valence-electron chi connectivity index (χ2n) is 5.71. The third-order valence-corrected chi connectivity index (χ3v) is 5.56. The van der Waals surface area contributed by atoms with Crippen molar-refractivity contribution in [2.75, 3.05) is 5.32 Å². The molecule has 0 radical (unpaired) electrons. The fourth-order valence-corrected chi connectivity index (χ4v) is 3.67. The van der Waals surface area contributed by atoms with Crippen LogP contribution in [0, 0.1) is 6.92 Å². The van der Waals surface area contributed by atoms with Gasteiger partial charge in [-0.15, -0.1) is 0 Å². The van der Waals surface area contributed by atoms with Gasteiger partial charge in [0.05, 0.1) is 10.8 Å². The number of hydrogen-bond donors (Lipinski definition) is 2. The van der Waals surface area contributed by atoms with Crippen molar-refractivity contribution in [3.63, 3.8) is 0 Å². The number of carbonyl (C=O) groups excluding carboxylic acids is 1. The van der Waals surface area contributed by atoms with Gasteiger partial charge in [0.25, 0.3) is 0 Å². The molecule has 5 nitrogen and oxygen atoms in total. The number of rotatable bonds is 4. The van der Waals surface area contributed by atoms with Crippen LogP contribution in [0.4, 0.5) is 5.69 Å². The lowest BCUT2D eigenvalue weighted by molar-refractivity contribution is -0.116. The van der Waals surface area contributed by atoms with Gasteiger partial charge in [0, 0.05) is 12.2 Å². The van der Waals surface area contributed by atoms with E-state index in [1.54, 1.807) is 19.1 Å². The molecule has 120 valence electrons. The highest BCUT2D eigenvalue weighted by molar-refractivity contribution is 7.89. The summed E-state index contributed by atoms with van der Waals surface area (Å²) in [6.07, 6.45) is 0. The second-order valence-corrected chi connectivity index (χ2v) is 7.48. The molecule has 23 heavy (non-hydrogen) atoms. The number of fused-ring (bicyclic) bond motifs is 1. The summed E-state index contributed by atoms with van der Waals surface area (Å²) in [5.41, 5.74) is 3.36. The Balaban J connectivity index is 1.84. The van der Waals surface area contributed by atoms with Gasteiger partial charge < -0.3 is 5.32 Å². The summed E-state index contributed by atoms with van der Waals surface area (Å²) in [6.45, 7) is 3.94. The first-order valence-electron chi connectivity index (χ1n) is 7.37. The molecular weight excluding hydrogens is 312 g/mol. The summed E-state index contributed by atoms with van der Waals surface area (Å²) in [7, 11) is -3.63. The number of sulfonamides is 1. The fraction of sp³-hybridized carbons (Fsp3) is 0.235. The number of benzene rings is 2. The van der Waals surface area contributed by atoms with Crippen LogP contribution in [0.1, 0.15) is 29.5 Å². The van der Waals surface area contributed by atoms with E-state index in [9.17, 15) is 13.2 Å². The van der Waals surface area contributed by atoms with Crippen LogP contribution >= 0.6 is 0 Å². The van der Waals surface area contributed by atoms with E-state index in [-0.39, 0.29) is 23.3 Å². The Morgan fingerprint density at radius 2 is 1.91 bits per heavy atom. The van der Waals surface area contributed by atoms with E-state index in [0.717, 1.165) is 11.1 Å². The Kier molecular flexibility index (Phi) is 3.95. The Hall–Kier alpha value is -2.18. The molecule has 1 atom stereocenters. The Labute approximate surface area is 135 Å². The van der Waals surface area contributed by atoms with Gasteiger partial charge in [0.2, 0.25) is 15.9 Å². The van der Waals surface area contributed by atoms with Gasteiger partial charge >= 0.3 is 0 Å². The molecule has 6 heteroatoms. The number of aryl methyl sites for hydroxylation is 1. The molecule has 0 spiro atoms. The topological polar surface area (TPSA) is 75.3 Å². The molecule has 0 saturated heterocycles. The van der Waals surface area contributed by atoms with E-state index in [2.05, 4.69) is 10.0 Å². The molecule has 2 aromatic carbocycles. The van der Waals surface area contributed by atoms with Crippen LogP contribution in [0.15, 0.2) is 47.4 Å². The molecule has 0 unspecified atom stereocenters. The summed E-state index contributed by atoms with van der Waals surface area (Å²) in [5.74, 6) is -0.445. The molecule has 3 rings (SSSR count). The van der Waals surface area contributed by atoms with E-state index in [1.165, 1.54) is 6.07 Å². The SMILES string of the molecule is Cc1ccccc1CNS(=O)(=O)c1ccc2c(c1)[C@H](C)C(=O)N2. The molecule has 2 aromatic rings. The van der Waals surface area contributed by atoms with Crippen molar-refractivity contribution in [1.29, 1.82) is 0 Å². The first-order valence-corrected chi connectivity index (χ1v) is 8.86. The molecule has 0 aromatic heterocycles. The lowest BCUT2D eigenvalue weighted by Crippen LogP contribution is -2.23. The lowest BCUT2D eigenvalue weighted by atomic mass is 10.0. The minimum absolute atomic E-state index is 0.109. The number of carbonyl (C=O) groups is 1. The largest absolute Gasteiger partial charge is 0.325 e. The number of nitrogens with one attached hydrogen (secondary N) is 2. The molecule has 0 fully saturated rings. The summed E-state index contributed by atoms with van der Waals surface area (Å²) in [4.78, 5) is 11.8. The van der Waals surface area contributed by atoms with Gasteiger partial charge in [-0.2, -0.15) is 0 Å². The zero-order valence-electron chi connectivity index (χ0n) is 13.0. The Morgan fingerprint density at radius 1 is 1.17 bits per heavy atom. The van der Waals surface area contributed by atoms with Gasteiger partial charge in [-0.05, 0) is 48.7 Å². The van der Waals surface area contributed by atoms with Crippen LogP contribution in [0.5, 0.6) is 0 Å². The third kappa shape index (κ3) is 3.00. The maximum atomic E-state index is 12.5. The first kappa shape index (κ1) is 15.7. The minimum atomic E-state index is -3.63. The van der Waals surface area contributed by atoms with Gasteiger partial charge in [-0.1, -0.05) is 24.3 Å². The predicted molar refractivity (Wildman–Crippen MR) is 88.7 cm³/mol. The van der Waals surface area contributed by atoms with E-state index >= 15 is 0 Å². The average Bonchev–Trinajstić information content (AvgIpc) is 2.81. The molecule has 1 aliphatic heterocycles. The van der Waals surface area contributed by atoms with E-state index < -0.39 is 10.0 Å².